The van der Waals surface area contributed by atoms with Gasteiger partial charge < -0.3 is 10.3 Å². The predicted molar refractivity (Wildman–Crippen MR) is 98.6 cm³/mol. The van der Waals surface area contributed by atoms with Crippen molar-refractivity contribution in [1.82, 2.24) is 9.55 Å². The van der Waals surface area contributed by atoms with E-state index in [0.717, 1.165) is 34.5 Å². The average molecular weight is 313 g/mol. The predicted octanol–water partition coefficient (Wildman–Crippen LogP) is 4.21. The van der Waals surface area contributed by atoms with Gasteiger partial charge in [-0.25, -0.2) is 4.98 Å². The fourth-order valence-electron chi connectivity index (χ4n) is 3.01. The highest BCUT2D eigenvalue weighted by atomic mass is 15.1. The molecular formula is C21H19N3. The number of hydrogen-bond acceptors (Lipinski definition) is 2. The van der Waals surface area contributed by atoms with Gasteiger partial charge in [0.1, 0.15) is 5.82 Å². The van der Waals surface area contributed by atoms with Crippen LogP contribution in [0.15, 0.2) is 78.9 Å². The number of imidazole rings is 1. The highest BCUT2D eigenvalue weighted by Gasteiger charge is 2.12. The molecule has 0 radical (unpaired) electrons. The van der Waals surface area contributed by atoms with E-state index in [9.17, 15) is 0 Å². The Morgan fingerprint density at radius 1 is 0.750 bits per heavy atom. The summed E-state index contributed by atoms with van der Waals surface area (Å²) in [6, 6.07) is 27.1. The van der Waals surface area contributed by atoms with Gasteiger partial charge in [0.2, 0.25) is 0 Å². The van der Waals surface area contributed by atoms with Crippen LogP contribution >= 0.6 is 0 Å². The molecule has 0 saturated heterocycles. The molecule has 4 rings (SSSR count). The van der Waals surface area contributed by atoms with Gasteiger partial charge in [-0.2, -0.15) is 0 Å². The first kappa shape index (κ1) is 14.7. The van der Waals surface area contributed by atoms with Crippen LogP contribution in [-0.2, 0) is 13.1 Å². The third-order valence-electron chi connectivity index (χ3n) is 4.29. The van der Waals surface area contributed by atoms with E-state index in [4.69, 9.17) is 10.7 Å². The van der Waals surface area contributed by atoms with E-state index in [2.05, 4.69) is 71.3 Å². The van der Waals surface area contributed by atoms with E-state index in [-0.39, 0.29) is 0 Å². The average Bonchev–Trinajstić information content (AvgIpc) is 3.01. The topological polar surface area (TPSA) is 43.8 Å². The zero-order chi connectivity index (χ0) is 16.4. The summed E-state index contributed by atoms with van der Waals surface area (Å²) in [7, 11) is 0. The molecule has 0 aliphatic heterocycles. The van der Waals surface area contributed by atoms with Crippen molar-refractivity contribution >= 4 is 11.0 Å². The maximum atomic E-state index is 5.71. The normalized spacial score (nSPS) is 11.0. The highest BCUT2D eigenvalue weighted by molar-refractivity contribution is 5.80. The number of benzene rings is 3. The van der Waals surface area contributed by atoms with Gasteiger partial charge in [0.05, 0.1) is 11.0 Å². The van der Waals surface area contributed by atoms with Crippen LogP contribution in [0.25, 0.3) is 22.4 Å². The lowest BCUT2D eigenvalue weighted by molar-refractivity contribution is 0.834. The van der Waals surface area contributed by atoms with Gasteiger partial charge in [-0.05, 0) is 23.3 Å². The molecule has 0 amide bonds. The van der Waals surface area contributed by atoms with E-state index < -0.39 is 0 Å². The molecule has 0 unspecified atom stereocenters. The van der Waals surface area contributed by atoms with Gasteiger partial charge >= 0.3 is 0 Å². The van der Waals surface area contributed by atoms with Crippen molar-refractivity contribution in [3.8, 4) is 11.4 Å². The van der Waals surface area contributed by atoms with Crippen molar-refractivity contribution in [2.75, 3.05) is 0 Å². The summed E-state index contributed by atoms with van der Waals surface area (Å²) in [6.07, 6.45) is 0. The lowest BCUT2D eigenvalue weighted by atomic mass is 10.1. The Kier molecular flexibility index (Phi) is 3.85. The third-order valence-corrected chi connectivity index (χ3v) is 4.29. The van der Waals surface area contributed by atoms with Gasteiger partial charge in [-0.3, -0.25) is 0 Å². The first-order chi connectivity index (χ1) is 11.8. The SMILES string of the molecule is NCc1ccc(-c2nc3ccccc3n2Cc2ccccc2)cc1. The van der Waals surface area contributed by atoms with Gasteiger partial charge in [-0.1, -0.05) is 66.7 Å². The van der Waals surface area contributed by atoms with Gasteiger partial charge in [-0.15, -0.1) is 0 Å². The molecule has 118 valence electrons. The number of rotatable bonds is 4. The summed E-state index contributed by atoms with van der Waals surface area (Å²) < 4.78 is 2.28. The molecular weight excluding hydrogens is 294 g/mol. The Morgan fingerprint density at radius 3 is 2.21 bits per heavy atom. The van der Waals surface area contributed by atoms with E-state index in [0.29, 0.717) is 6.54 Å². The standard InChI is InChI=1S/C21H19N3/c22-14-16-10-12-18(13-11-16)21-23-19-8-4-5-9-20(19)24(21)15-17-6-2-1-3-7-17/h1-13H,14-15,22H2. The molecule has 3 nitrogen and oxygen atoms in total. The molecule has 0 atom stereocenters. The van der Waals surface area contributed by atoms with Crippen molar-refractivity contribution in [3.63, 3.8) is 0 Å². The van der Waals surface area contributed by atoms with Crippen molar-refractivity contribution in [2.24, 2.45) is 5.73 Å². The van der Waals surface area contributed by atoms with Gasteiger partial charge in [0.25, 0.3) is 0 Å². The van der Waals surface area contributed by atoms with E-state index >= 15 is 0 Å². The first-order valence-corrected chi connectivity index (χ1v) is 8.14. The lowest BCUT2D eigenvalue weighted by Gasteiger charge is -2.10. The number of nitrogens with two attached hydrogens (primary N) is 1. The minimum Gasteiger partial charge on any atom is -0.326 e. The largest absolute Gasteiger partial charge is 0.326 e. The summed E-state index contributed by atoms with van der Waals surface area (Å²) in [5.74, 6) is 0.989. The van der Waals surface area contributed by atoms with Crippen LogP contribution in [-0.4, -0.2) is 9.55 Å². The maximum Gasteiger partial charge on any atom is 0.141 e. The zero-order valence-corrected chi connectivity index (χ0v) is 13.4. The van der Waals surface area contributed by atoms with Crippen LogP contribution in [0.2, 0.25) is 0 Å². The van der Waals surface area contributed by atoms with Gasteiger partial charge in [0.15, 0.2) is 0 Å². The molecule has 24 heavy (non-hydrogen) atoms. The Hall–Kier alpha value is -2.91. The van der Waals surface area contributed by atoms with Crippen LogP contribution in [0, 0.1) is 0 Å². The second-order valence-corrected chi connectivity index (χ2v) is 5.90. The highest BCUT2D eigenvalue weighted by Crippen LogP contribution is 2.26. The molecule has 0 fully saturated rings. The van der Waals surface area contributed by atoms with Crippen molar-refractivity contribution in [3.05, 3.63) is 90.0 Å². The Bertz CT molecular complexity index is 953. The Labute approximate surface area is 141 Å². The summed E-state index contributed by atoms with van der Waals surface area (Å²) in [4.78, 5) is 4.87. The van der Waals surface area contributed by atoms with Crippen LogP contribution in [0.5, 0.6) is 0 Å². The quantitative estimate of drug-likeness (QED) is 0.613. The van der Waals surface area contributed by atoms with Crippen molar-refractivity contribution < 1.29 is 0 Å². The minimum absolute atomic E-state index is 0.556. The molecule has 0 spiro atoms. The smallest absolute Gasteiger partial charge is 0.141 e. The Balaban J connectivity index is 1.85. The van der Waals surface area contributed by atoms with Crippen LogP contribution in [0.1, 0.15) is 11.1 Å². The molecule has 0 saturated carbocycles. The summed E-state index contributed by atoms with van der Waals surface area (Å²) >= 11 is 0. The molecule has 1 aromatic heterocycles. The Morgan fingerprint density at radius 2 is 1.46 bits per heavy atom. The molecule has 0 bridgehead atoms. The van der Waals surface area contributed by atoms with Crippen molar-refractivity contribution in [1.29, 1.82) is 0 Å². The maximum absolute atomic E-state index is 5.71. The molecule has 2 N–H and O–H groups in total. The molecule has 4 aromatic rings. The third kappa shape index (κ3) is 2.70. The second kappa shape index (κ2) is 6.30. The van der Waals surface area contributed by atoms with Gasteiger partial charge in [0, 0.05) is 18.7 Å². The fourth-order valence-corrected chi connectivity index (χ4v) is 3.01. The summed E-state index contributed by atoms with van der Waals surface area (Å²) in [5.41, 5.74) is 11.4. The molecule has 3 aromatic carbocycles. The number of para-hydroxylation sites is 2. The first-order valence-electron chi connectivity index (χ1n) is 8.14. The molecule has 3 heteroatoms. The fraction of sp³-hybridized carbons (Fsp3) is 0.0952. The number of aromatic nitrogens is 2. The number of nitrogens with zero attached hydrogens (tertiary/aromatic N) is 2. The van der Waals surface area contributed by atoms with E-state index in [1.807, 2.05) is 12.1 Å². The zero-order valence-electron chi connectivity index (χ0n) is 13.4. The minimum atomic E-state index is 0.556. The van der Waals surface area contributed by atoms with Crippen LogP contribution in [0.3, 0.4) is 0 Å². The number of fused-ring (bicyclic) bond motifs is 1. The number of hydrogen-bond donors (Lipinski definition) is 1. The molecule has 1 heterocycles. The van der Waals surface area contributed by atoms with E-state index in [1.54, 1.807) is 0 Å². The lowest BCUT2D eigenvalue weighted by Crippen LogP contribution is -2.02. The second-order valence-electron chi connectivity index (χ2n) is 5.90. The summed E-state index contributed by atoms with van der Waals surface area (Å²) in [6.45, 7) is 1.36. The van der Waals surface area contributed by atoms with E-state index in [1.165, 1.54) is 5.56 Å². The van der Waals surface area contributed by atoms with Crippen molar-refractivity contribution in [2.45, 2.75) is 13.1 Å². The molecule has 0 aliphatic carbocycles. The van der Waals surface area contributed by atoms with Crippen LogP contribution < -0.4 is 5.73 Å². The van der Waals surface area contributed by atoms with Crippen LogP contribution in [0.4, 0.5) is 0 Å². The monoisotopic (exact) mass is 313 g/mol. The summed E-state index contributed by atoms with van der Waals surface area (Å²) in [5, 5.41) is 0. The molecule has 0 aliphatic rings.